The second-order valence-electron chi connectivity index (χ2n) is 3.61. The van der Waals surface area contributed by atoms with Crippen molar-refractivity contribution in [2.75, 3.05) is 38.8 Å². The van der Waals surface area contributed by atoms with Gasteiger partial charge in [-0.2, -0.15) is 0 Å². The topological polar surface area (TPSA) is 53.7 Å². The summed E-state index contributed by atoms with van der Waals surface area (Å²) in [5, 5.41) is 0. The van der Waals surface area contributed by atoms with Crippen molar-refractivity contribution in [3.05, 3.63) is 24.3 Å². The van der Waals surface area contributed by atoms with Gasteiger partial charge in [0.2, 0.25) is 0 Å². The van der Waals surface area contributed by atoms with Crippen LogP contribution in [0.25, 0.3) is 0 Å². The van der Waals surface area contributed by atoms with Gasteiger partial charge in [-0.15, -0.1) is 0 Å². The SMILES string of the molecule is CCCOCCOCCOc1ccccc1N. The quantitative estimate of drug-likeness (QED) is 0.529. The summed E-state index contributed by atoms with van der Waals surface area (Å²) in [6.07, 6.45) is 1.04. The van der Waals surface area contributed by atoms with Crippen molar-refractivity contribution >= 4 is 5.69 Å². The summed E-state index contributed by atoms with van der Waals surface area (Å²) < 4.78 is 16.1. The maximum Gasteiger partial charge on any atom is 0.142 e. The fourth-order valence-corrected chi connectivity index (χ4v) is 1.29. The average Bonchev–Trinajstić information content (AvgIpc) is 2.35. The van der Waals surface area contributed by atoms with Crippen LogP contribution in [-0.2, 0) is 9.47 Å². The molecule has 0 aliphatic heterocycles. The number of hydrogen-bond donors (Lipinski definition) is 1. The Balaban J connectivity index is 1.99. The molecule has 0 atom stereocenters. The highest BCUT2D eigenvalue weighted by atomic mass is 16.5. The monoisotopic (exact) mass is 239 g/mol. The first-order valence-electron chi connectivity index (χ1n) is 5.97. The summed E-state index contributed by atoms with van der Waals surface area (Å²) in [6, 6.07) is 7.43. The molecule has 1 aromatic rings. The van der Waals surface area contributed by atoms with Gasteiger partial charge in [0, 0.05) is 6.61 Å². The summed E-state index contributed by atoms with van der Waals surface area (Å²) in [5.74, 6) is 0.707. The minimum absolute atomic E-state index is 0.502. The lowest BCUT2D eigenvalue weighted by Crippen LogP contribution is -2.11. The molecule has 96 valence electrons. The summed E-state index contributed by atoms with van der Waals surface area (Å²) in [6.45, 7) is 5.17. The maximum atomic E-state index is 5.73. The van der Waals surface area contributed by atoms with Crippen LogP contribution in [0, 0.1) is 0 Å². The molecule has 0 bridgehead atoms. The molecule has 0 spiro atoms. The largest absolute Gasteiger partial charge is 0.489 e. The van der Waals surface area contributed by atoms with Crippen LogP contribution < -0.4 is 10.5 Å². The Bertz CT molecular complexity index is 304. The van der Waals surface area contributed by atoms with E-state index < -0.39 is 0 Å². The smallest absolute Gasteiger partial charge is 0.142 e. The molecule has 0 saturated heterocycles. The number of ether oxygens (including phenoxy) is 3. The fraction of sp³-hybridized carbons (Fsp3) is 0.538. The van der Waals surface area contributed by atoms with Crippen molar-refractivity contribution in [1.82, 2.24) is 0 Å². The number of para-hydroxylation sites is 2. The number of benzene rings is 1. The lowest BCUT2D eigenvalue weighted by Gasteiger charge is -2.09. The zero-order valence-electron chi connectivity index (χ0n) is 10.4. The number of nitrogen functional groups attached to an aromatic ring is 1. The molecule has 0 amide bonds. The van der Waals surface area contributed by atoms with Crippen molar-refractivity contribution in [2.24, 2.45) is 0 Å². The zero-order valence-corrected chi connectivity index (χ0v) is 10.4. The van der Waals surface area contributed by atoms with E-state index in [0.717, 1.165) is 13.0 Å². The molecular formula is C13H21NO3. The Hall–Kier alpha value is -1.26. The maximum absolute atomic E-state index is 5.73. The van der Waals surface area contributed by atoms with Gasteiger partial charge < -0.3 is 19.9 Å². The van der Waals surface area contributed by atoms with E-state index >= 15 is 0 Å². The third-order valence-corrected chi connectivity index (χ3v) is 2.12. The number of anilines is 1. The van der Waals surface area contributed by atoms with Crippen LogP contribution >= 0.6 is 0 Å². The predicted octanol–water partition coefficient (Wildman–Crippen LogP) is 2.09. The molecule has 17 heavy (non-hydrogen) atoms. The van der Waals surface area contributed by atoms with E-state index in [0.29, 0.717) is 37.9 Å². The van der Waals surface area contributed by atoms with E-state index in [1.54, 1.807) is 0 Å². The first kappa shape index (κ1) is 13.8. The van der Waals surface area contributed by atoms with Gasteiger partial charge in [0.25, 0.3) is 0 Å². The second kappa shape index (κ2) is 8.84. The van der Waals surface area contributed by atoms with Crippen LogP contribution in [0.4, 0.5) is 5.69 Å². The van der Waals surface area contributed by atoms with Crippen LogP contribution in [0.1, 0.15) is 13.3 Å². The van der Waals surface area contributed by atoms with Crippen molar-refractivity contribution in [2.45, 2.75) is 13.3 Å². The first-order chi connectivity index (χ1) is 8.34. The third kappa shape index (κ3) is 6.14. The third-order valence-electron chi connectivity index (χ3n) is 2.12. The Morgan fingerprint density at radius 1 is 0.941 bits per heavy atom. The Morgan fingerprint density at radius 3 is 2.29 bits per heavy atom. The standard InChI is InChI=1S/C13H21NO3/c1-2-7-15-8-9-16-10-11-17-13-6-4-3-5-12(13)14/h3-6H,2,7-11,14H2,1H3. The minimum atomic E-state index is 0.502. The molecule has 0 heterocycles. The summed E-state index contributed by atoms with van der Waals surface area (Å²) >= 11 is 0. The van der Waals surface area contributed by atoms with E-state index in [1.165, 1.54) is 0 Å². The van der Waals surface area contributed by atoms with E-state index in [1.807, 2.05) is 24.3 Å². The van der Waals surface area contributed by atoms with Gasteiger partial charge >= 0.3 is 0 Å². The Morgan fingerprint density at radius 2 is 1.59 bits per heavy atom. The number of nitrogens with two attached hydrogens (primary N) is 1. The molecule has 0 aliphatic rings. The van der Waals surface area contributed by atoms with Gasteiger partial charge in [0.1, 0.15) is 12.4 Å². The molecule has 2 N–H and O–H groups in total. The highest BCUT2D eigenvalue weighted by Crippen LogP contribution is 2.19. The highest BCUT2D eigenvalue weighted by Gasteiger charge is 1.97. The molecule has 4 heteroatoms. The van der Waals surface area contributed by atoms with Gasteiger partial charge in [0.15, 0.2) is 0 Å². The predicted molar refractivity (Wildman–Crippen MR) is 68.3 cm³/mol. The summed E-state index contributed by atoms with van der Waals surface area (Å²) in [5.41, 5.74) is 6.38. The molecular weight excluding hydrogens is 218 g/mol. The van der Waals surface area contributed by atoms with Gasteiger partial charge in [-0.1, -0.05) is 19.1 Å². The lowest BCUT2D eigenvalue weighted by molar-refractivity contribution is 0.0367. The molecule has 0 aliphatic carbocycles. The molecule has 0 aromatic heterocycles. The van der Waals surface area contributed by atoms with E-state index in [9.17, 15) is 0 Å². The molecule has 4 nitrogen and oxygen atoms in total. The fourth-order valence-electron chi connectivity index (χ4n) is 1.29. The number of hydrogen-bond acceptors (Lipinski definition) is 4. The van der Waals surface area contributed by atoms with Crippen molar-refractivity contribution < 1.29 is 14.2 Å². The summed E-state index contributed by atoms with van der Waals surface area (Å²) in [7, 11) is 0. The highest BCUT2D eigenvalue weighted by molar-refractivity contribution is 5.51. The molecule has 1 aromatic carbocycles. The molecule has 0 fully saturated rings. The van der Waals surface area contributed by atoms with Crippen molar-refractivity contribution in [3.63, 3.8) is 0 Å². The van der Waals surface area contributed by atoms with E-state index in [4.69, 9.17) is 19.9 Å². The zero-order chi connectivity index (χ0) is 12.3. The minimum Gasteiger partial charge on any atom is -0.489 e. The van der Waals surface area contributed by atoms with E-state index in [-0.39, 0.29) is 0 Å². The molecule has 0 saturated carbocycles. The van der Waals surface area contributed by atoms with E-state index in [2.05, 4.69) is 6.92 Å². The molecule has 0 radical (unpaired) electrons. The van der Waals surface area contributed by atoms with Crippen LogP contribution in [0.5, 0.6) is 5.75 Å². The van der Waals surface area contributed by atoms with Gasteiger partial charge in [-0.25, -0.2) is 0 Å². The van der Waals surface area contributed by atoms with Gasteiger partial charge in [-0.05, 0) is 18.6 Å². The lowest BCUT2D eigenvalue weighted by atomic mass is 10.3. The normalized spacial score (nSPS) is 10.4. The van der Waals surface area contributed by atoms with Crippen molar-refractivity contribution in [1.29, 1.82) is 0 Å². The second-order valence-corrected chi connectivity index (χ2v) is 3.61. The van der Waals surface area contributed by atoms with Crippen LogP contribution in [-0.4, -0.2) is 33.0 Å². The Kier molecular flexibility index (Phi) is 7.18. The first-order valence-corrected chi connectivity index (χ1v) is 5.97. The number of rotatable bonds is 9. The molecule has 1 rings (SSSR count). The van der Waals surface area contributed by atoms with Crippen molar-refractivity contribution in [3.8, 4) is 5.75 Å². The van der Waals surface area contributed by atoms with Gasteiger partial charge in [0.05, 0.1) is 25.5 Å². The van der Waals surface area contributed by atoms with Crippen LogP contribution in [0.2, 0.25) is 0 Å². The Labute approximate surface area is 103 Å². The summed E-state index contributed by atoms with van der Waals surface area (Å²) in [4.78, 5) is 0. The van der Waals surface area contributed by atoms with Crippen LogP contribution in [0.3, 0.4) is 0 Å². The van der Waals surface area contributed by atoms with Gasteiger partial charge in [-0.3, -0.25) is 0 Å². The average molecular weight is 239 g/mol. The van der Waals surface area contributed by atoms with Crippen LogP contribution in [0.15, 0.2) is 24.3 Å². The molecule has 0 unspecified atom stereocenters.